The van der Waals surface area contributed by atoms with Gasteiger partial charge < -0.3 is 15.4 Å². The average molecular weight is 304 g/mol. The van der Waals surface area contributed by atoms with Crippen LogP contribution < -0.4 is 15.4 Å². The third-order valence-electron chi connectivity index (χ3n) is 3.34. The van der Waals surface area contributed by atoms with Gasteiger partial charge in [-0.25, -0.2) is 0 Å². The summed E-state index contributed by atoms with van der Waals surface area (Å²) in [5, 5.41) is 0. The van der Waals surface area contributed by atoms with E-state index in [1.165, 1.54) is 0 Å². The molecule has 0 saturated carbocycles. The van der Waals surface area contributed by atoms with Crippen molar-refractivity contribution >= 4 is 5.69 Å². The molecule has 1 aromatic rings. The van der Waals surface area contributed by atoms with Crippen molar-refractivity contribution in [3.63, 3.8) is 0 Å². The summed E-state index contributed by atoms with van der Waals surface area (Å²) in [5.74, 6) is 0.535. The predicted molar refractivity (Wildman–Crippen MR) is 73.4 cm³/mol. The van der Waals surface area contributed by atoms with E-state index in [-0.39, 0.29) is 12.6 Å². The summed E-state index contributed by atoms with van der Waals surface area (Å²) < 4.78 is 44.4. The Kier molecular flexibility index (Phi) is 5.30. The Bertz CT molecular complexity index is 446. The zero-order valence-electron chi connectivity index (χ0n) is 11.6. The van der Waals surface area contributed by atoms with Crippen LogP contribution in [0.2, 0.25) is 0 Å². The number of anilines is 1. The van der Waals surface area contributed by atoms with Gasteiger partial charge in [0.1, 0.15) is 12.4 Å². The van der Waals surface area contributed by atoms with E-state index in [1.807, 2.05) is 18.2 Å². The Balaban J connectivity index is 1.83. The molecule has 118 valence electrons. The van der Waals surface area contributed by atoms with E-state index >= 15 is 0 Å². The van der Waals surface area contributed by atoms with Gasteiger partial charge in [0.05, 0.1) is 6.61 Å². The van der Waals surface area contributed by atoms with Crippen LogP contribution >= 0.6 is 0 Å². The summed E-state index contributed by atoms with van der Waals surface area (Å²) in [7, 11) is 0. The van der Waals surface area contributed by atoms with Gasteiger partial charge >= 0.3 is 6.36 Å². The van der Waals surface area contributed by atoms with E-state index < -0.39 is 13.0 Å². The SMILES string of the molecule is NC1CCN(c2cccc(OCCOC(F)(F)F)c2)CC1. The van der Waals surface area contributed by atoms with Gasteiger partial charge in [0.25, 0.3) is 0 Å². The van der Waals surface area contributed by atoms with Gasteiger partial charge in [-0.3, -0.25) is 4.74 Å². The van der Waals surface area contributed by atoms with Crippen molar-refractivity contribution in [1.82, 2.24) is 0 Å². The summed E-state index contributed by atoms with van der Waals surface area (Å²) in [6, 6.07) is 7.57. The molecule has 2 N–H and O–H groups in total. The topological polar surface area (TPSA) is 47.7 Å². The van der Waals surface area contributed by atoms with Gasteiger partial charge in [-0.2, -0.15) is 0 Å². The van der Waals surface area contributed by atoms with E-state index in [9.17, 15) is 13.2 Å². The van der Waals surface area contributed by atoms with E-state index in [2.05, 4.69) is 9.64 Å². The molecular weight excluding hydrogens is 285 g/mol. The Morgan fingerprint density at radius 1 is 1.19 bits per heavy atom. The summed E-state index contributed by atoms with van der Waals surface area (Å²) >= 11 is 0. The summed E-state index contributed by atoms with van der Waals surface area (Å²) in [6.45, 7) is 1.09. The van der Waals surface area contributed by atoms with Crippen LogP contribution in [-0.2, 0) is 4.74 Å². The van der Waals surface area contributed by atoms with Crippen LogP contribution in [-0.4, -0.2) is 38.7 Å². The number of benzene rings is 1. The molecule has 2 rings (SSSR count). The van der Waals surface area contributed by atoms with E-state index in [0.29, 0.717) is 5.75 Å². The number of nitrogens with zero attached hydrogens (tertiary/aromatic N) is 1. The highest BCUT2D eigenvalue weighted by atomic mass is 19.4. The van der Waals surface area contributed by atoms with Crippen LogP contribution in [0.4, 0.5) is 18.9 Å². The van der Waals surface area contributed by atoms with E-state index in [1.54, 1.807) is 6.07 Å². The highest BCUT2D eigenvalue weighted by Crippen LogP contribution is 2.24. The van der Waals surface area contributed by atoms with Gasteiger partial charge in [-0.15, -0.1) is 13.2 Å². The molecule has 0 aromatic heterocycles. The number of halogens is 3. The van der Waals surface area contributed by atoms with Gasteiger partial charge in [0, 0.05) is 30.9 Å². The Labute approximate surface area is 121 Å². The summed E-state index contributed by atoms with van der Waals surface area (Å²) in [4.78, 5) is 2.20. The molecule has 7 heteroatoms. The maximum atomic E-state index is 11.8. The van der Waals surface area contributed by atoms with Crippen molar-refractivity contribution < 1.29 is 22.6 Å². The highest BCUT2D eigenvalue weighted by molar-refractivity contribution is 5.51. The van der Waals surface area contributed by atoms with Crippen LogP contribution in [0.1, 0.15) is 12.8 Å². The second-order valence-corrected chi connectivity index (χ2v) is 4.96. The number of alkyl halides is 3. The van der Waals surface area contributed by atoms with Crippen molar-refractivity contribution in [1.29, 1.82) is 0 Å². The van der Waals surface area contributed by atoms with Crippen LogP contribution in [0, 0.1) is 0 Å². The first-order valence-corrected chi connectivity index (χ1v) is 6.88. The van der Waals surface area contributed by atoms with Crippen molar-refractivity contribution in [3.05, 3.63) is 24.3 Å². The van der Waals surface area contributed by atoms with Gasteiger partial charge in [0.2, 0.25) is 0 Å². The molecular formula is C14H19F3N2O2. The molecule has 0 spiro atoms. The van der Waals surface area contributed by atoms with Gasteiger partial charge in [-0.05, 0) is 25.0 Å². The lowest BCUT2D eigenvalue weighted by atomic mass is 10.1. The molecule has 0 amide bonds. The normalized spacial score (nSPS) is 17.0. The third kappa shape index (κ3) is 5.43. The standard InChI is InChI=1S/C14H19F3N2O2/c15-14(16,17)21-9-8-20-13-3-1-2-12(10-13)19-6-4-11(18)5-7-19/h1-3,10-11H,4-9,18H2. The minimum atomic E-state index is -4.61. The fraction of sp³-hybridized carbons (Fsp3) is 0.571. The van der Waals surface area contributed by atoms with Crippen LogP contribution in [0.25, 0.3) is 0 Å². The minimum Gasteiger partial charge on any atom is -0.491 e. The number of rotatable bonds is 5. The highest BCUT2D eigenvalue weighted by Gasteiger charge is 2.28. The summed E-state index contributed by atoms with van der Waals surface area (Å²) in [5.41, 5.74) is 6.86. The lowest BCUT2D eigenvalue weighted by molar-refractivity contribution is -0.325. The third-order valence-corrected chi connectivity index (χ3v) is 3.34. The van der Waals surface area contributed by atoms with Crippen molar-refractivity contribution in [2.75, 3.05) is 31.2 Å². The largest absolute Gasteiger partial charge is 0.522 e. The minimum absolute atomic E-state index is 0.145. The molecule has 0 atom stereocenters. The maximum absolute atomic E-state index is 11.8. The van der Waals surface area contributed by atoms with Crippen LogP contribution in [0.15, 0.2) is 24.3 Å². The number of nitrogens with two attached hydrogens (primary N) is 1. The predicted octanol–water partition coefficient (Wildman–Crippen LogP) is 2.53. The first-order chi connectivity index (χ1) is 9.94. The molecule has 1 saturated heterocycles. The molecule has 1 aromatic carbocycles. The fourth-order valence-corrected chi connectivity index (χ4v) is 2.24. The van der Waals surface area contributed by atoms with Crippen molar-refractivity contribution in [2.45, 2.75) is 25.2 Å². The molecule has 1 aliphatic rings. The van der Waals surface area contributed by atoms with E-state index in [4.69, 9.17) is 10.5 Å². The smallest absolute Gasteiger partial charge is 0.491 e. The summed E-state index contributed by atoms with van der Waals surface area (Å²) in [6.07, 6.45) is -2.74. The fourth-order valence-electron chi connectivity index (χ4n) is 2.24. The first-order valence-electron chi connectivity index (χ1n) is 6.88. The maximum Gasteiger partial charge on any atom is 0.522 e. The average Bonchev–Trinajstić information content (AvgIpc) is 2.44. The van der Waals surface area contributed by atoms with Crippen molar-refractivity contribution in [3.8, 4) is 5.75 Å². The number of hydrogen-bond acceptors (Lipinski definition) is 4. The Hall–Kier alpha value is -1.47. The molecule has 1 heterocycles. The van der Waals surface area contributed by atoms with Crippen LogP contribution in [0.5, 0.6) is 5.75 Å². The lowest BCUT2D eigenvalue weighted by Crippen LogP contribution is -2.39. The Morgan fingerprint density at radius 2 is 1.90 bits per heavy atom. The second-order valence-electron chi connectivity index (χ2n) is 4.96. The molecule has 0 radical (unpaired) electrons. The quantitative estimate of drug-likeness (QED) is 0.849. The first kappa shape index (κ1) is 15.9. The Morgan fingerprint density at radius 3 is 2.57 bits per heavy atom. The van der Waals surface area contributed by atoms with Crippen LogP contribution in [0.3, 0.4) is 0 Å². The second kappa shape index (κ2) is 7.00. The van der Waals surface area contributed by atoms with Crippen molar-refractivity contribution in [2.24, 2.45) is 5.73 Å². The number of hydrogen-bond donors (Lipinski definition) is 1. The van der Waals surface area contributed by atoms with Gasteiger partial charge in [0.15, 0.2) is 0 Å². The zero-order valence-corrected chi connectivity index (χ0v) is 11.6. The molecule has 4 nitrogen and oxygen atoms in total. The zero-order chi connectivity index (χ0) is 15.3. The molecule has 1 fully saturated rings. The van der Waals surface area contributed by atoms with Gasteiger partial charge in [-0.1, -0.05) is 6.07 Å². The monoisotopic (exact) mass is 304 g/mol. The van der Waals surface area contributed by atoms with E-state index in [0.717, 1.165) is 31.6 Å². The lowest BCUT2D eigenvalue weighted by Gasteiger charge is -2.32. The number of ether oxygens (including phenoxy) is 2. The molecule has 0 bridgehead atoms. The molecule has 21 heavy (non-hydrogen) atoms. The molecule has 0 aliphatic carbocycles. The number of piperidine rings is 1. The molecule has 0 unspecified atom stereocenters. The molecule has 1 aliphatic heterocycles.